The van der Waals surface area contributed by atoms with Gasteiger partial charge >= 0.3 is 0 Å². The van der Waals surface area contributed by atoms with Gasteiger partial charge in [-0.3, -0.25) is 4.79 Å². The summed E-state index contributed by atoms with van der Waals surface area (Å²) in [5, 5.41) is 4.54. The van der Waals surface area contributed by atoms with E-state index in [1.807, 2.05) is 26.1 Å². The SMILES string of the molecule is C[C@@H](c1ccc(Cl)cc1Cl)N(C)C(=O)CC1CCNCC1. The molecule has 0 aliphatic carbocycles. The van der Waals surface area contributed by atoms with E-state index in [1.165, 1.54) is 0 Å². The quantitative estimate of drug-likeness (QED) is 0.908. The van der Waals surface area contributed by atoms with Crippen LogP contribution in [-0.2, 0) is 4.79 Å². The summed E-state index contributed by atoms with van der Waals surface area (Å²) >= 11 is 12.2. The fourth-order valence-corrected chi connectivity index (χ4v) is 3.31. The molecule has 1 aliphatic heterocycles. The smallest absolute Gasteiger partial charge is 0.223 e. The molecule has 1 atom stereocenters. The highest BCUT2D eigenvalue weighted by molar-refractivity contribution is 6.35. The largest absolute Gasteiger partial charge is 0.339 e. The summed E-state index contributed by atoms with van der Waals surface area (Å²) in [5.74, 6) is 0.675. The van der Waals surface area contributed by atoms with E-state index in [1.54, 1.807) is 11.0 Å². The number of hydrogen-bond donors (Lipinski definition) is 1. The first-order valence-electron chi connectivity index (χ1n) is 7.40. The van der Waals surface area contributed by atoms with Crippen LogP contribution in [0.4, 0.5) is 0 Å². The Hall–Kier alpha value is -0.770. The molecule has 1 aromatic carbocycles. The molecule has 3 nitrogen and oxygen atoms in total. The van der Waals surface area contributed by atoms with Crippen molar-refractivity contribution < 1.29 is 4.79 Å². The molecule has 0 aromatic heterocycles. The first kappa shape index (κ1) is 16.6. The second-order valence-corrected chi connectivity index (χ2v) is 6.59. The lowest BCUT2D eigenvalue weighted by molar-refractivity contribution is -0.133. The van der Waals surface area contributed by atoms with Gasteiger partial charge in [-0.25, -0.2) is 0 Å². The van der Waals surface area contributed by atoms with E-state index in [0.717, 1.165) is 31.5 Å². The Kier molecular flexibility index (Phi) is 5.91. The van der Waals surface area contributed by atoms with Crippen molar-refractivity contribution in [1.29, 1.82) is 0 Å². The summed E-state index contributed by atoms with van der Waals surface area (Å²) in [7, 11) is 1.85. The number of nitrogens with one attached hydrogen (secondary N) is 1. The predicted octanol–water partition coefficient (Wildman–Crippen LogP) is 3.90. The third-order valence-corrected chi connectivity index (χ3v) is 4.87. The highest BCUT2D eigenvalue weighted by atomic mass is 35.5. The number of carbonyl (C=O) groups is 1. The van der Waals surface area contributed by atoms with Gasteiger partial charge in [-0.15, -0.1) is 0 Å². The van der Waals surface area contributed by atoms with Crippen molar-refractivity contribution in [3.8, 4) is 0 Å². The lowest BCUT2D eigenvalue weighted by Gasteiger charge is -2.29. The molecule has 1 saturated heterocycles. The maximum atomic E-state index is 12.4. The van der Waals surface area contributed by atoms with Crippen LogP contribution in [0.25, 0.3) is 0 Å². The van der Waals surface area contributed by atoms with Crippen LogP contribution in [0.3, 0.4) is 0 Å². The summed E-state index contributed by atoms with van der Waals surface area (Å²) in [6.07, 6.45) is 2.78. The summed E-state index contributed by atoms with van der Waals surface area (Å²) in [4.78, 5) is 14.2. The van der Waals surface area contributed by atoms with Crippen molar-refractivity contribution in [2.24, 2.45) is 5.92 Å². The van der Waals surface area contributed by atoms with E-state index in [-0.39, 0.29) is 11.9 Å². The van der Waals surface area contributed by atoms with Crippen molar-refractivity contribution in [3.63, 3.8) is 0 Å². The van der Waals surface area contributed by atoms with Gasteiger partial charge in [0.15, 0.2) is 0 Å². The third kappa shape index (κ3) is 4.35. The van der Waals surface area contributed by atoms with Crippen molar-refractivity contribution in [3.05, 3.63) is 33.8 Å². The molecule has 0 spiro atoms. The van der Waals surface area contributed by atoms with E-state index < -0.39 is 0 Å². The molecule has 0 radical (unpaired) electrons. The maximum absolute atomic E-state index is 12.4. The fraction of sp³-hybridized carbons (Fsp3) is 0.562. The van der Waals surface area contributed by atoms with Crippen molar-refractivity contribution in [2.75, 3.05) is 20.1 Å². The molecule has 116 valence electrons. The number of hydrogen-bond acceptors (Lipinski definition) is 2. The number of halogens is 2. The molecule has 1 fully saturated rings. The number of amides is 1. The molecule has 21 heavy (non-hydrogen) atoms. The molecule has 1 aliphatic rings. The topological polar surface area (TPSA) is 32.3 Å². The molecule has 1 N–H and O–H groups in total. The van der Waals surface area contributed by atoms with Crippen LogP contribution in [0.2, 0.25) is 10.0 Å². The minimum absolute atomic E-state index is 0.0519. The molecular formula is C16H22Cl2N2O. The van der Waals surface area contributed by atoms with Crippen LogP contribution in [0, 0.1) is 5.92 Å². The van der Waals surface area contributed by atoms with E-state index in [2.05, 4.69) is 5.32 Å². The number of nitrogens with zero attached hydrogens (tertiary/aromatic N) is 1. The van der Waals surface area contributed by atoms with Crippen LogP contribution >= 0.6 is 23.2 Å². The fourth-order valence-electron chi connectivity index (χ4n) is 2.74. The lowest BCUT2D eigenvalue weighted by atomic mass is 9.93. The maximum Gasteiger partial charge on any atom is 0.223 e. The Bertz CT molecular complexity index is 501. The highest BCUT2D eigenvalue weighted by Crippen LogP contribution is 2.30. The molecule has 0 saturated carbocycles. The Morgan fingerprint density at radius 1 is 1.38 bits per heavy atom. The normalized spacial score (nSPS) is 17.5. The molecule has 5 heteroatoms. The predicted molar refractivity (Wildman–Crippen MR) is 87.9 cm³/mol. The average molecular weight is 329 g/mol. The van der Waals surface area contributed by atoms with E-state index in [0.29, 0.717) is 22.4 Å². The van der Waals surface area contributed by atoms with Crippen molar-refractivity contribution in [2.45, 2.75) is 32.2 Å². The average Bonchev–Trinajstić information content (AvgIpc) is 2.47. The number of rotatable bonds is 4. The van der Waals surface area contributed by atoms with E-state index in [9.17, 15) is 4.79 Å². The van der Waals surface area contributed by atoms with Gasteiger partial charge in [-0.2, -0.15) is 0 Å². The van der Waals surface area contributed by atoms with E-state index in [4.69, 9.17) is 23.2 Å². The Balaban J connectivity index is 2.00. The summed E-state index contributed by atoms with van der Waals surface area (Å²) in [6.45, 7) is 4.02. The van der Waals surface area contributed by atoms with Crippen molar-refractivity contribution >= 4 is 29.1 Å². The van der Waals surface area contributed by atoms with Gasteiger partial charge in [0.05, 0.1) is 6.04 Å². The van der Waals surface area contributed by atoms with Crippen molar-refractivity contribution in [1.82, 2.24) is 10.2 Å². The van der Waals surface area contributed by atoms with Crippen LogP contribution < -0.4 is 5.32 Å². The first-order valence-corrected chi connectivity index (χ1v) is 8.16. The molecule has 1 aromatic rings. The van der Waals surface area contributed by atoms with Crippen LogP contribution in [-0.4, -0.2) is 30.9 Å². The Labute approximate surface area is 136 Å². The molecule has 2 rings (SSSR count). The van der Waals surface area contributed by atoms with Gasteiger partial charge in [0, 0.05) is 23.5 Å². The number of piperidine rings is 1. The van der Waals surface area contributed by atoms with Gasteiger partial charge in [-0.1, -0.05) is 29.3 Å². The zero-order valence-electron chi connectivity index (χ0n) is 12.5. The van der Waals surface area contributed by atoms with E-state index >= 15 is 0 Å². The summed E-state index contributed by atoms with van der Waals surface area (Å²) in [6, 6.07) is 5.37. The summed E-state index contributed by atoms with van der Waals surface area (Å²) in [5.41, 5.74) is 0.933. The van der Waals surface area contributed by atoms with Crippen LogP contribution in [0.5, 0.6) is 0 Å². The zero-order chi connectivity index (χ0) is 15.4. The second-order valence-electron chi connectivity index (χ2n) is 5.74. The zero-order valence-corrected chi connectivity index (χ0v) is 14.0. The molecule has 1 heterocycles. The second kappa shape index (κ2) is 7.48. The first-order chi connectivity index (χ1) is 9.99. The number of benzene rings is 1. The van der Waals surface area contributed by atoms with Crippen LogP contribution in [0.15, 0.2) is 18.2 Å². The van der Waals surface area contributed by atoms with Crippen LogP contribution in [0.1, 0.15) is 37.8 Å². The molecule has 0 unspecified atom stereocenters. The standard InChI is InChI=1S/C16H22Cl2N2O/c1-11(14-4-3-13(17)10-15(14)18)20(2)16(21)9-12-5-7-19-8-6-12/h3-4,10-12,19H,5-9H2,1-2H3/t11-/m0/s1. The van der Waals surface area contributed by atoms with Gasteiger partial charge in [-0.05, 0) is 56.5 Å². The Morgan fingerprint density at radius 3 is 2.67 bits per heavy atom. The highest BCUT2D eigenvalue weighted by Gasteiger charge is 2.23. The van der Waals surface area contributed by atoms with Gasteiger partial charge in [0.25, 0.3) is 0 Å². The monoisotopic (exact) mass is 328 g/mol. The van der Waals surface area contributed by atoms with Gasteiger partial charge in [0.1, 0.15) is 0 Å². The minimum atomic E-state index is -0.0519. The Morgan fingerprint density at radius 2 is 2.05 bits per heavy atom. The minimum Gasteiger partial charge on any atom is -0.339 e. The van der Waals surface area contributed by atoms with Gasteiger partial charge < -0.3 is 10.2 Å². The van der Waals surface area contributed by atoms with Gasteiger partial charge in [0.2, 0.25) is 5.91 Å². The number of carbonyl (C=O) groups excluding carboxylic acids is 1. The third-order valence-electron chi connectivity index (χ3n) is 4.31. The molecule has 0 bridgehead atoms. The molecular weight excluding hydrogens is 307 g/mol. The summed E-state index contributed by atoms with van der Waals surface area (Å²) < 4.78 is 0. The lowest BCUT2D eigenvalue weighted by Crippen LogP contribution is -2.34. The molecule has 1 amide bonds.